The Morgan fingerprint density at radius 3 is 2.53 bits per heavy atom. The Labute approximate surface area is 123 Å². The minimum atomic E-state index is -0.425. The molecule has 0 saturated heterocycles. The number of nitrogens with two attached hydrogens (primary N) is 1. The Bertz CT molecular complexity index is 295. The van der Waals surface area contributed by atoms with Gasteiger partial charge in [-0.15, -0.1) is 12.4 Å². The molecule has 1 rings (SSSR count). The van der Waals surface area contributed by atoms with Crippen molar-refractivity contribution in [3.05, 3.63) is 0 Å². The van der Waals surface area contributed by atoms with Crippen molar-refractivity contribution in [3.63, 3.8) is 0 Å². The normalized spacial score (nSPS) is 26.0. The molecule has 0 aromatic heterocycles. The van der Waals surface area contributed by atoms with E-state index in [4.69, 9.17) is 10.5 Å². The van der Waals surface area contributed by atoms with E-state index in [2.05, 4.69) is 20.8 Å². The van der Waals surface area contributed by atoms with Crippen molar-refractivity contribution in [2.45, 2.75) is 65.1 Å². The first kappa shape index (κ1) is 18.7. The molecule has 3 atom stereocenters. The van der Waals surface area contributed by atoms with Crippen molar-refractivity contribution >= 4 is 18.3 Å². The SMILES string of the molecule is CCCCOC1CC(N(C)C(=O)[C@H](C)N)C1(C)C.Cl. The number of nitrogens with zero attached hydrogens (tertiary/aromatic N) is 1. The second-order valence-electron chi connectivity index (χ2n) is 6.02. The van der Waals surface area contributed by atoms with E-state index in [9.17, 15) is 4.79 Å². The molecule has 1 aliphatic rings. The van der Waals surface area contributed by atoms with Crippen molar-refractivity contribution < 1.29 is 9.53 Å². The number of hydrogen-bond donors (Lipinski definition) is 1. The second kappa shape index (κ2) is 7.46. The first-order valence-electron chi connectivity index (χ1n) is 6.96. The number of likely N-dealkylation sites (N-methyl/N-ethyl adjacent to an activating group) is 1. The average molecular weight is 293 g/mol. The lowest BCUT2D eigenvalue weighted by atomic mass is 9.63. The highest BCUT2D eigenvalue weighted by Crippen LogP contribution is 2.45. The molecule has 2 unspecified atom stereocenters. The summed E-state index contributed by atoms with van der Waals surface area (Å²) in [4.78, 5) is 13.7. The fourth-order valence-electron chi connectivity index (χ4n) is 2.65. The lowest BCUT2D eigenvalue weighted by Gasteiger charge is -2.55. The molecular weight excluding hydrogens is 264 g/mol. The Balaban J connectivity index is 0.00000324. The molecule has 1 fully saturated rings. The first-order chi connectivity index (χ1) is 8.32. The lowest BCUT2D eigenvalue weighted by molar-refractivity contribution is -0.165. The Morgan fingerprint density at radius 2 is 2.11 bits per heavy atom. The maximum atomic E-state index is 11.9. The van der Waals surface area contributed by atoms with Crippen LogP contribution >= 0.6 is 12.4 Å². The second-order valence-corrected chi connectivity index (χ2v) is 6.02. The first-order valence-corrected chi connectivity index (χ1v) is 6.96. The molecule has 0 aromatic carbocycles. The number of halogens is 1. The van der Waals surface area contributed by atoms with Gasteiger partial charge in [0.15, 0.2) is 0 Å². The van der Waals surface area contributed by atoms with Crippen molar-refractivity contribution in [1.82, 2.24) is 4.90 Å². The molecule has 5 heteroatoms. The molecule has 1 saturated carbocycles. The summed E-state index contributed by atoms with van der Waals surface area (Å²) >= 11 is 0. The molecule has 2 N–H and O–H groups in total. The van der Waals surface area contributed by atoms with Gasteiger partial charge in [0.05, 0.1) is 12.1 Å². The van der Waals surface area contributed by atoms with Gasteiger partial charge in [-0.05, 0) is 19.8 Å². The fraction of sp³-hybridized carbons (Fsp3) is 0.929. The summed E-state index contributed by atoms with van der Waals surface area (Å²) in [5.74, 6) is 0.0140. The average Bonchev–Trinajstić information content (AvgIpc) is 2.31. The largest absolute Gasteiger partial charge is 0.378 e. The molecule has 1 amide bonds. The zero-order valence-corrected chi connectivity index (χ0v) is 13.6. The van der Waals surface area contributed by atoms with Crippen molar-refractivity contribution in [3.8, 4) is 0 Å². The number of rotatable bonds is 6. The maximum Gasteiger partial charge on any atom is 0.239 e. The van der Waals surface area contributed by atoms with E-state index in [0.717, 1.165) is 25.9 Å². The van der Waals surface area contributed by atoms with Crippen molar-refractivity contribution in [2.75, 3.05) is 13.7 Å². The fourth-order valence-corrected chi connectivity index (χ4v) is 2.65. The van der Waals surface area contributed by atoms with Crippen LogP contribution in [0.1, 0.15) is 47.0 Å². The van der Waals surface area contributed by atoms with Crippen LogP contribution in [-0.4, -0.2) is 42.6 Å². The van der Waals surface area contributed by atoms with E-state index in [1.54, 1.807) is 11.8 Å². The molecule has 0 spiro atoms. The van der Waals surface area contributed by atoms with Gasteiger partial charge >= 0.3 is 0 Å². The molecule has 0 aliphatic heterocycles. The molecule has 0 heterocycles. The van der Waals surface area contributed by atoms with Gasteiger partial charge in [0.1, 0.15) is 0 Å². The predicted octanol–water partition coefficient (Wildman–Crippen LogP) is 2.20. The van der Waals surface area contributed by atoms with Gasteiger partial charge in [-0.3, -0.25) is 4.79 Å². The summed E-state index contributed by atoms with van der Waals surface area (Å²) in [7, 11) is 1.85. The van der Waals surface area contributed by atoms with Gasteiger partial charge in [-0.2, -0.15) is 0 Å². The standard InChI is InChI=1S/C14H28N2O2.ClH/c1-6-7-8-18-12-9-11(14(12,3)4)16(5)13(17)10(2)15;/h10-12H,6-9,15H2,1-5H3;1H/t10-,11?,12?;/m0./s1. The predicted molar refractivity (Wildman–Crippen MR) is 80.5 cm³/mol. The van der Waals surface area contributed by atoms with Crippen LogP contribution in [0.15, 0.2) is 0 Å². The summed E-state index contributed by atoms with van der Waals surface area (Å²) < 4.78 is 5.89. The zero-order valence-electron chi connectivity index (χ0n) is 12.8. The summed E-state index contributed by atoms with van der Waals surface area (Å²) in [5, 5.41) is 0. The highest BCUT2D eigenvalue weighted by molar-refractivity contribution is 5.85. The summed E-state index contributed by atoms with van der Waals surface area (Å²) in [6, 6.07) is -0.187. The van der Waals surface area contributed by atoms with E-state index in [-0.39, 0.29) is 35.9 Å². The number of carbonyl (C=O) groups excluding carboxylic acids is 1. The van der Waals surface area contributed by atoms with Crippen LogP contribution in [0.25, 0.3) is 0 Å². The van der Waals surface area contributed by atoms with Crippen LogP contribution in [0.4, 0.5) is 0 Å². The molecule has 0 aromatic rings. The van der Waals surface area contributed by atoms with Crippen molar-refractivity contribution in [2.24, 2.45) is 11.1 Å². The lowest BCUT2D eigenvalue weighted by Crippen LogP contribution is -2.63. The number of hydrogen-bond acceptors (Lipinski definition) is 3. The van der Waals surface area contributed by atoms with E-state index in [0.29, 0.717) is 0 Å². The van der Waals surface area contributed by atoms with Gasteiger partial charge < -0.3 is 15.4 Å². The summed E-state index contributed by atoms with van der Waals surface area (Å²) in [6.45, 7) is 9.06. The third-order valence-corrected chi connectivity index (χ3v) is 4.15. The van der Waals surface area contributed by atoms with Gasteiger partial charge in [0, 0.05) is 25.1 Å². The van der Waals surface area contributed by atoms with Crippen LogP contribution in [0.2, 0.25) is 0 Å². The third-order valence-electron chi connectivity index (χ3n) is 4.15. The number of unbranched alkanes of at least 4 members (excludes halogenated alkanes) is 1. The Kier molecular flexibility index (Phi) is 7.33. The van der Waals surface area contributed by atoms with E-state index >= 15 is 0 Å². The highest BCUT2D eigenvalue weighted by Gasteiger charge is 2.51. The Morgan fingerprint density at radius 1 is 1.53 bits per heavy atom. The maximum absolute atomic E-state index is 11.9. The van der Waals surface area contributed by atoms with Crippen LogP contribution in [0.5, 0.6) is 0 Å². The van der Waals surface area contributed by atoms with Gasteiger partial charge in [0.25, 0.3) is 0 Å². The Hall–Kier alpha value is -0.320. The van der Waals surface area contributed by atoms with Crippen LogP contribution < -0.4 is 5.73 Å². The monoisotopic (exact) mass is 292 g/mol. The van der Waals surface area contributed by atoms with Gasteiger partial charge in [0.2, 0.25) is 5.91 Å². The highest BCUT2D eigenvalue weighted by atomic mass is 35.5. The number of carbonyl (C=O) groups is 1. The van der Waals surface area contributed by atoms with Crippen LogP contribution in [0.3, 0.4) is 0 Å². The summed E-state index contributed by atoms with van der Waals surface area (Å²) in [5.41, 5.74) is 5.67. The van der Waals surface area contributed by atoms with E-state index in [1.807, 2.05) is 7.05 Å². The molecular formula is C14H29ClN2O2. The van der Waals surface area contributed by atoms with Crippen LogP contribution in [0, 0.1) is 5.41 Å². The zero-order chi connectivity index (χ0) is 13.9. The molecule has 0 bridgehead atoms. The molecule has 1 aliphatic carbocycles. The minimum Gasteiger partial charge on any atom is -0.378 e. The van der Waals surface area contributed by atoms with Gasteiger partial charge in [-0.25, -0.2) is 0 Å². The number of amides is 1. The molecule has 4 nitrogen and oxygen atoms in total. The molecule has 114 valence electrons. The van der Waals surface area contributed by atoms with Crippen molar-refractivity contribution in [1.29, 1.82) is 0 Å². The summed E-state index contributed by atoms with van der Waals surface area (Å²) in [6.07, 6.45) is 3.44. The van der Waals surface area contributed by atoms with E-state index in [1.165, 1.54) is 0 Å². The minimum absolute atomic E-state index is 0. The van der Waals surface area contributed by atoms with E-state index < -0.39 is 6.04 Å². The molecule has 0 radical (unpaired) electrons. The van der Waals surface area contributed by atoms with Gasteiger partial charge in [-0.1, -0.05) is 27.2 Å². The van der Waals surface area contributed by atoms with Crippen LogP contribution in [-0.2, 0) is 9.53 Å². The number of ether oxygens (including phenoxy) is 1. The third kappa shape index (κ3) is 4.07. The smallest absolute Gasteiger partial charge is 0.239 e. The topological polar surface area (TPSA) is 55.6 Å². The molecule has 19 heavy (non-hydrogen) atoms. The quantitative estimate of drug-likeness (QED) is 0.764.